The van der Waals surface area contributed by atoms with Gasteiger partial charge in [0.1, 0.15) is 11.0 Å². The summed E-state index contributed by atoms with van der Waals surface area (Å²) in [6.07, 6.45) is 0. The molecule has 0 saturated carbocycles. The summed E-state index contributed by atoms with van der Waals surface area (Å²) >= 11 is 0. The van der Waals surface area contributed by atoms with Crippen LogP contribution in [0.15, 0.2) is 221 Å². The van der Waals surface area contributed by atoms with Crippen LogP contribution in [0.4, 0.5) is 17.1 Å². The monoisotopic (exact) mass is 793 g/mol. The number of fused-ring (bicyclic) bond motifs is 11. The van der Waals surface area contributed by atoms with E-state index in [1.54, 1.807) is 0 Å². The lowest BCUT2D eigenvalue weighted by Crippen LogP contribution is -2.36. The fraction of sp³-hybridized carbons (Fsp3) is 0.0175. The predicted molar refractivity (Wildman–Crippen MR) is 249 cm³/mol. The number of hydrogen-bond acceptors (Lipinski definition) is 5. The highest BCUT2D eigenvalue weighted by Gasteiger charge is 2.51. The van der Waals surface area contributed by atoms with Crippen LogP contribution in [0.5, 0.6) is 0 Å². The van der Waals surface area contributed by atoms with Crippen molar-refractivity contribution in [1.82, 2.24) is 9.97 Å². The standard InChI is InChI=1S/C57H35N3O2/c1-2-14-42(15-3-1)60-51-22-10-6-18-47(51)57(48-19-7-11-23-52(48)60)45-17-5-4-16-43(45)44-35-38(30-31-46(44)57)36-26-28-37(29-27-36)39-32-40(55-58-49-20-8-12-24-53(49)61-55)34-41(33-39)56-59-50-21-9-13-25-54(50)62-56/h1-35H. The second-order valence-corrected chi connectivity index (χ2v) is 16.1. The molecule has 1 aliphatic heterocycles. The Kier molecular flexibility index (Phi) is 7.45. The van der Waals surface area contributed by atoms with Gasteiger partial charge in [-0.2, -0.15) is 0 Å². The van der Waals surface area contributed by atoms with Crippen molar-refractivity contribution in [2.75, 3.05) is 4.90 Å². The number of oxazole rings is 2. The molecule has 290 valence electrons. The quantitative estimate of drug-likeness (QED) is 0.174. The van der Waals surface area contributed by atoms with Crippen molar-refractivity contribution in [3.63, 3.8) is 0 Å². The van der Waals surface area contributed by atoms with Crippen molar-refractivity contribution in [2.24, 2.45) is 0 Å². The summed E-state index contributed by atoms with van der Waals surface area (Å²) in [4.78, 5) is 12.1. The zero-order valence-corrected chi connectivity index (χ0v) is 33.4. The maximum atomic E-state index is 6.27. The van der Waals surface area contributed by atoms with Crippen LogP contribution in [0.1, 0.15) is 22.3 Å². The van der Waals surface area contributed by atoms with Crippen molar-refractivity contribution in [3.8, 4) is 56.3 Å². The second kappa shape index (κ2) is 13.4. The number of rotatable bonds is 5. The number of nitrogens with zero attached hydrogens (tertiary/aromatic N) is 3. The molecule has 5 nitrogen and oxygen atoms in total. The highest BCUT2D eigenvalue weighted by atomic mass is 16.4. The number of para-hydroxylation sites is 7. The van der Waals surface area contributed by atoms with E-state index in [-0.39, 0.29) is 0 Å². The maximum absolute atomic E-state index is 6.27. The topological polar surface area (TPSA) is 55.3 Å². The first kappa shape index (κ1) is 34.6. The number of aromatic nitrogens is 2. The van der Waals surface area contributed by atoms with Gasteiger partial charge in [0.15, 0.2) is 11.2 Å². The molecule has 0 amide bonds. The summed E-state index contributed by atoms with van der Waals surface area (Å²) in [6, 6.07) is 75.5. The molecule has 2 aromatic heterocycles. The molecule has 0 radical (unpaired) electrons. The lowest BCUT2D eigenvalue weighted by Gasteiger charge is -2.45. The Labute approximate surface area is 357 Å². The molecule has 0 atom stereocenters. The van der Waals surface area contributed by atoms with Gasteiger partial charge >= 0.3 is 0 Å². The van der Waals surface area contributed by atoms with Crippen molar-refractivity contribution < 1.29 is 8.83 Å². The summed E-state index contributed by atoms with van der Waals surface area (Å²) in [6.45, 7) is 0. The van der Waals surface area contributed by atoms with Gasteiger partial charge in [0, 0.05) is 16.8 Å². The van der Waals surface area contributed by atoms with Gasteiger partial charge in [0.2, 0.25) is 11.8 Å². The highest BCUT2D eigenvalue weighted by Crippen LogP contribution is 2.63. The van der Waals surface area contributed by atoms with Crippen LogP contribution in [-0.4, -0.2) is 9.97 Å². The first-order chi connectivity index (χ1) is 30.7. The van der Waals surface area contributed by atoms with Gasteiger partial charge in [-0.3, -0.25) is 0 Å². The molecule has 3 heterocycles. The average molecular weight is 794 g/mol. The van der Waals surface area contributed by atoms with Gasteiger partial charge in [0.05, 0.1) is 16.8 Å². The minimum Gasteiger partial charge on any atom is -0.436 e. The molecule has 2 aliphatic rings. The van der Waals surface area contributed by atoms with E-state index in [9.17, 15) is 0 Å². The third-order valence-corrected chi connectivity index (χ3v) is 12.7. The van der Waals surface area contributed by atoms with E-state index >= 15 is 0 Å². The molecular weight excluding hydrogens is 759 g/mol. The van der Waals surface area contributed by atoms with E-state index in [0.29, 0.717) is 11.8 Å². The molecule has 11 aromatic rings. The van der Waals surface area contributed by atoms with Crippen LogP contribution in [-0.2, 0) is 5.41 Å². The molecule has 5 heteroatoms. The Morgan fingerprint density at radius 2 is 0.806 bits per heavy atom. The van der Waals surface area contributed by atoms with Crippen molar-refractivity contribution in [2.45, 2.75) is 5.41 Å². The minimum absolute atomic E-state index is 0.487. The summed E-state index contributed by atoms with van der Waals surface area (Å²) in [5.41, 5.74) is 19.9. The van der Waals surface area contributed by atoms with Crippen LogP contribution in [0, 0.1) is 0 Å². The second-order valence-electron chi connectivity index (χ2n) is 16.1. The Balaban J connectivity index is 0.930. The third-order valence-electron chi connectivity index (χ3n) is 12.7. The van der Waals surface area contributed by atoms with Gasteiger partial charge in [-0.15, -0.1) is 0 Å². The largest absolute Gasteiger partial charge is 0.436 e. The van der Waals surface area contributed by atoms with Gasteiger partial charge in [0.25, 0.3) is 0 Å². The van der Waals surface area contributed by atoms with E-state index in [0.717, 1.165) is 61.3 Å². The molecular formula is C57H35N3O2. The molecule has 1 spiro atoms. The molecule has 0 N–H and O–H groups in total. The molecule has 0 bridgehead atoms. The van der Waals surface area contributed by atoms with Gasteiger partial charge < -0.3 is 13.7 Å². The van der Waals surface area contributed by atoms with Gasteiger partial charge in [-0.05, 0) is 128 Å². The molecule has 1 aliphatic carbocycles. The Morgan fingerprint density at radius 1 is 0.339 bits per heavy atom. The summed E-state index contributed by atoms with van der Waals surface area (Å²) in [7, 11) is 0. The normalized spacial score (nSPS) is 13.3. The molecule has 62 heavy (non-hydrogen) atoms. The lowest BCUT2D eigenvalue weighted by molar-refractivity contribution is 0.617. The molecule has 13 rings (SSSR count). The molecule has 9 aromatic carbocycles. The number of benzene rings is 9. The van der Waals surface area contributed by atoms with E-state index in [2.05, 4.69) is 163 Å². The smallest absolute Gasteiger partial charge is 0.227 e. The van der Waals surface area contributed by atoms with Crippen LogP contribution >= 0.6 is 0 Å². The van der Waals surface area contributed by atoms with Crippen LogP contribution in [0.3, 0.4) is 0 Å². The fourth-order valence-electron chi connectivity index (χ4n) is 10.0. The fourth-order valence-corrected chi connectivity index (χ4v) is 10.0. The van der Waals surface area contributed by atoms with Crippen molar-refractivity contribution in [3.05, 3.63) is 235 Å². The third kappa shape index (κ3) is 5.09. The zero-order chi connectivity index (χ0) is 40.8. The zero-order valence-electron chi connectivity index (χ0n) is 33.4. The SMILES string of the molecule is c1ccc(N2c3ccccc3C3(c4ccccc4-c4cc(-c5ccc(-c6cc(-c7nc8ccccc8o7)cc(-c7nc8ccccc8o7)c6)cc5)ccc43)c3ccccc32)cc1. The highest BCUT2D eigenvalue weighted by molar-refractivity contribution is 5.97. The first-order valence-corrected chi connectivity index (χ1v) is 21.0. The average Bonchev–Trinajstić information content (AvgIpc) is 4.06. The first-order valence-electron chi connectivity index (χ1n) is 21.0. The Bertz CT molecular complexity index is 3340. The predicted octanol–water partition coefficient (Wildman–Crippen LogP) is 14.8. The maximum Gasteiger partial charge on any atom is 0.227 e. The van der Waals surface area contributed by atoms with E-state index in [4.69, 9.17) is 18.8 Å². The Morgan fingerprint density at radius 3 is 1.42 bits per heavy atom. The van der Waals surface area contributed by atoms with Gasteiger partial charge in [-0.1, -0.05) is 140 Å². The van der Waals surface area contributed by atoms with Crippen LogP contribution < -0.4 is 4.90 Å². The summed E-state index contributed by atoms with van der Waals surface area (Å²) in [5, 5.41) is 0. The van der Waals surface area contributed by atoms with E-state index in [1.807, 2.05) is 54.6 Å². The molecule has 0 fully saturated rings. The van der Waals surface area contributed by atoms with Crippen LogP contribution in [0.2, 0.25) is 0 Å². The summed E-state index contributed by atoms with van der Waals surface area (Å²) < 4.78 is 12.5. The van der Waals surface area contributed by atoms with Gasteiger partial charge in [-0.25, -0.2) is 9.97 Å². The van der Waals surface area contributed by atoms with Crippen LogP contribution in [0.25, 0.3) is 78.5 Å². The lowest BCUT2D eigenvalue weighted by atomic mass is 9.64. The molecule has 0 unspecified atom stereocenters. The summed E-state index contributed by atoms with van der Waals surface area (Å²) in [5.74, 6) is 1.10. The minimum atomic E-state index is -0.487. The van der Waals surface area contributed by atoms with E-state index in [1.165, 1.54) is 44.8 Å². The van der Waals surface area contributed by atoms with Crippen molar-refractivity contribution >= 4 is 39.3 Å². The number of hydrogen-bond donors (Lipinski definition) is 0. The molecule has 0 saturated heterocycles. The Hall–Kier alpha value is -8.28. The number of anilines is 3. The van der Waals surface area contributed by atoms with E-state index < -0.39 is 5.41 Å². The van der Waals surface area contributed by atoms with Crippen molar-refractivity contribution in [1.29, 1.82) is 0 Å².